The van der Waals surface area contributed by atoms with E-state index >= 15 is 0 Å². The lowest BCUT2D eigenvalue weighted by molar-refractivity contribution is -0.113. The number of carbonyl (C=O) groups excluding carboxylic acids is 1. The number of nitrogens with one attached hydrogen (secondary N) is 1. The fourth-order valence-corrected chi connectivity index (χ4v) is 3.72. The minimum absolute atomic E-state index is 0.0589. The van der Waals surface area contributed by atoms with Crippen molar-refractivity contribution in [2.75, 3.05) is 17.3 Å². The van der Waals surface area contributed by atoms with Crippen LogP contribution in [-0.4, -0.2) is 32.7 Å². The Bertz CT molecular complexity index is 906. The molecule has 1 aromatic heterocycles. The molecule has 3 rings (SSSR count). The molecule has 5 nitrogen and oxygen atoms in total. The molecule has 0 spiro atoms. The third kappa shape index (κ3) is 4.28. The summed E-state index contributed by atoms with van der Waals surface area (Å²) in [6.45, 7) is 2.05. The first kappa shape index (κ1) is 18.5. The van der Waals surface area contributed by atoms with Crippen molar-refractivity contribution in [3.63, 3.8) is 0 Å². The molecule has 0 saturated heterocycles. The molecular weight excluding hydrogens is 364 g/mol. The Morgan fingerprint density at radius 1 is 1.12 bits per heavy atom. The minimum Gasteiger partial charge on any atom is -0.324 e. The third-order valence-electron chi connectivity index (χ3n) is 3.86. The molecule has 2 aromatic carbocycles. The van der Waals surface area contributed by atoms with Gasteiger partial charge in [-0.3, -0.25) is 4.79 Å². The molecule has 7 heteroatoms. The Morgan fingerprint density at radius 2 is 1.85 bits per heavy atom. The first-order valence-electron chi connectivity index (χ1n) is 8.10. The van der Waals surface area contributed by atoms with Crippen LogP contribution in [0.15, 0.2) is 58.6 Å². The lowest BCUT2D eigenvalue weighted by Crippen LogP contribution is -2.15. The van der Waals surface area contributed by atoms with Gasteiger partial charge in [0.15, 0.2) is 11.0 Å². The van der Waals surface area contributed by atoms with Crippen LogP contribution in [0.1, 0.15) is 5.56 Å². The van der Waals surface area contributed by atoms with Crippen LogP contribution < -0.4 is 5.32 Å². The Balaban J connectivity index is 1.65. The second-order valence-electron chi connectivity index (χ2n) is 5.77. The van der Waals surface area contributed by atoms with E-state index in [1.165, 1.54) is 17.3 Å². The fraction of sp³-hybridized carbons (Fsp3) is 0.211. The Hall–Kier alpha value is -2.25. The molecule has 0 bridgehead atoms. The lowest BCUT2D eigenvalue weighted by Gasteiger charge is -2.09. The number of benzene rings is 2. The molecule has 0 fully saturated rings. The van der Waals surface area contributed by atoms with Gasteiger partial charge in [0.25, 0.3) is 0 Å². The number of thioether (sulfide) groups is 2. The number of aryl methyl sites for hydroxylation is 1. The van der Waals surface area contributed by atoms with Gasteiger partial charge in [-0.25, -0.2) is 0 Å². The first-order valence-corrected chi connectivity index (χ1v) is 10.3. The lowest BCUT2D eigenvalue weighted by atomic mass is 10.1. The van der Waals surface area contributed by atoms with Gasteiger partial charge in [-0.15, -0.1) is 22.0 Å². The number of hydrogen-bond donors (Lipinski definition) is 1. The molecule has 0 saturated carbocycles. The van der Waals surface area contributed by atoms with E-state index in [2.05, 4.69) is 22.4 Å². The Kier molecular flexibility index (Phi) is 6.00. The van der Waals surface area contributed by atoms with Gasteiger partial charge in [-0.1, -0.05) is 53.7 Å². The number of para-hydroxylation sites is 1. The van der Waals surface area contributed by atoms with E-state index < -0.39 is 0 Å². The Labute approximate surface area is 161 Å². The number of anilines is 1. The van der Waals surface area contributed by atoms with Crippen molar-refractivity contribution in [1.29, 1.82) is 0 Å². The predicted molar refractivity (Wildman–Crippen MR) is 109 cm³/mol. The normalized spacial score (nSPS) is 10.7. The van der Waals surface area contributed by atoms with Crippen molar-refractivity contribution >= 4 is 35.1 Å². The molecule has 1 amide bonds. The van der Waals surface area contributed by atoms with E-state index in [4.69, 9.17) is 0 Å². The van der Waals surface area contributed by atoms with Crippen LogP contribution in [0.4, 0.5) is 5.69 Å². The third-order valence-corrected chi connectivity index (χ3v) is 5.67. The van der Waals surface area contributed by atoms with Gasteiger partial charge >= 0.3 is 0 Å². The van der Waals surface area contributed by atoms with Crippen LogP contribution in [0.2, 0.25) is 0 Å². The van der Waals surface area contributed by atoms with Gasteiger partial charge in [-0.2, -0.15) is 0 Å². The molecule has 0 atom stereocenters. The highest BCUT2D eigenvalue weighted by Crippen LogP contribution is 2.26. The zero-order chi connectivity index (χ0) is 18.5. The molecule has 0 unspecified atom stereocenters. The maximum atomic E-state index is 12.3. The number of amides is 1. The molecule has 0 radical (unpaired) electrons. The fourth-order valence-electron chi connectivity index (χ4n) is 2.46. The molecule has 26 heavy (non-hydrogen) atoms. The summed E-state index contributed by atoms with van der Waals surface area (Å²) in [6.07, 6.45) is 1.99. The van der Waals surface area contributed by atoms with Crippen LogP contribution in [0.3, 0.4) is 0 Å². The van der Waals surface area contributed by atoms with E-state index in [1.807, 2.05) is 66.4 Å². The second-order valence-corrected chi connectivity index (χ2v) is 7.56. The summed E-state index contributed by atoms with van der Waals surface area (Å²) in [7, 11) is 1.92. The summed E-state index contributed by atoms with van der Waals surface area (Å²) >= 11 is 2.99. The average Bonchev–Trinajstić information content (AvgIpc) is 3.02. The van der Waals surface area contributed by atoms with E-state index in [0.717, 1.165) is 22.0 Å². The average molecular weight is 385 g/mol. The molecule has 0 aliphatic rings. The zero-order valence-corrected chi connectivity index (χ0v) is 16.5. The van der Waals surface area contributed by atoms with Crippen molar-refractivity contribution < 1.29 is 4.79 Å². The summed E-state index contributed by atoms with van der Waals surface area (Å²) in [5.74, 6) is 1.01. The topological polar surface area (TPSA) is 59.8 Å². The van der Waals surface area contributed by atoms with Crippen LogP contribution in [-0.2, 0) is 11.8 Å². The molecule has 134 valence electrons. The highest BCUT2D eigenvalue weighted by atomic mass is 32.2. The summed E-state index contributed by atoms with van der Waals surface area (Å²) < 4.78 is 1.92. The van der Waals surface area contributed by atoms with Gasteiger partial charge < -0.3 is 9.88 Å². The highest BCUT2D eigenvalue weighted by molar-refractivity contribution is 7.99. The maximum Gasteiger partial charge on any atom is 0.234 e. The summed E-state index contributed by atoms with van der Waals surface area (Å²) in [4.78, 5) is 13.3. The number of carbonyl (C=O) groups is 1. The highest BCUT2D eigenvalue weighted by Gasteiger charge is 2.13. The minimum atomic E-state index is -0.0589. The summed E-state index contributed by atoms with van der Waals surface area (Å²) in [5.41, 5.74) is 3.05. The van der Waals surface area contributed by atoms with Gasteiger partial charge in [0, 0.05) is 17.5 Å². The first-order chi connectivity index (χ1) is 12.6. The quantitative estimate of drug-likeness (QED) is 0.644. The molecule has 1 N–H and O–H groups in total. The van der Waals surface area contributed by atoms with Gasteiger partial charge in [-0.05, 0) is 25.3 Å². The van der Waals surface area contributed by atoms with Crippen LogP contribution in [0, 0.1) is 6.92 Å². The maximum absolute atomic E-state index is 12.3. The van der Waals surface area contributed by atoms with E-state index in [-0.39, 0.29) is 11.7 Å². The smallest absolute Gasteiger partial charge is 0.234 e. The van der Waals surface area contributed by atoms with Crippen molar-refractivity contribution in [1.82, 2.24) is 14.8 Å². The zero-order valence-electron chi connectivity index (χ0n) is 14.9. The summed E-state index contributed by atoms with van der Waals surface area (Å²) in [6, 6.07) is 15.9. The van der Waals surface area contributed by atoms with E-state index in [0.29, 0.717) is 5.16 Å². The molecule has 1 heterocycles. The van der Waals surface area contributed by atoms with Crippen molar-refractivity contribution in [2.24, 2.45) is 7.05 Å². The van der Waals surface area contributed by atoms with E-state index in [1.54, 1.807) is 11.8 Å². The SMILES string of the molecule is CSc1ccccc1NC(=O)CSc1nnc(-c2ccc(C)cc2)n1C. The number of aromatic nitrogens is 3. The molecule has 0 aliphatic heterocycles. The van der Waals surface area contributed by atoms with Gasteiger partial charge in [0.2, 0.25) is 5.91 Å². The van der Waals surface area contributed by atoms with Crippen molar-refractivity contribution in [3.8, 4) is 11.4 Å². The monoisotopic (exact) mass is 384 g/mol. The van der Waals surface area contributed by atoms with Crippen molar-refractivity contribution in [3.05, 3.63) is 54.1 Å². The second kappa shape index (κ2) is 8.42. The van der Waals surface area contributed by atoms with Gasteiger partial charge in [0.05, 0.1) is 11.4 Å². The number of hydrogen-bond acceptors (Lipinski definition) is 5. The predicted octanol–water partition coefficient (Wildman–Crippen LogP) is 4.24. The summed E-state index contributed by atoms with van der Waals surface area (Å²) in [5, 5.41) is 12.2. The van der Waals surface area contributed by atoms with Crippen molar-refractivity contribution in [2.45, 2.75) is 17.0 Å². The van der Waals surface area contributed by atoms with E-state index in [9.17, 15) is 4.79 Å². The molecule has 3 aromatic rings. The number of rotatable bonds is 6. The van der Waals surface area contributed by atoms with Crippen LogP contribution in [0.5, 0.6) is 0 Å². The van der Waals surface area contributed by atoms with Crippen LogP contribution >= 0.6 is 23.5 Å². The molecular formula is C19H20N4OS2. The standard InChI is InChI=1S/C19H20N4OS2/c1-13-8-10-14(11-9-13)18-21-22-19(23(18)2)26-12-17(24)20-15-6-4-5-7-16(15)25-3/h4-11H,12H2,1-3H3,(H,20,24). The largest absolute Gasteiger partial charge is 0.324 e. The Morgan fingerprint density at radius 3 is 2.58 bits per heavy atom. The molecule has 0 aliphatic carbocycles. The van der Waals surface area contributed by atoms with Gasteiger partial charge in [0.1, 0.15) is 0 Å². The number of nitrogens with zero attached hydrogens (tertiary/aromatic N) is 3. The van der Waals surface area contributed by atoms with Crippen LogP contribution in [0.25, 0.3) is 11.4 Å².